The quantitative estimate of drug-likeness (QED) is 0.276. The molecule has 8 heteroatoms. The maximum atomic E-state index is 11.9. The molecule has 0 spiro atoms. The van der Waals surface area contributed by atoms with Gasteiger partial charge in [0.15, 0.2) is 0 Å². The molecular formula is C16H31N3O4S. The van der Waals surface area contributed by atoms with Crippen molar-refractivity contribution in [2.24, 2.45) is 11.5 Å². The Morgan fingerprint density at radius 2 is 1.50 bits per heavy atom. The van der Waals surface area contributed by atoms with Gasteiger partial charge in [-0.25, -0.2) is 4.79 Å². The van der Waals surface area contributed by atoms with Crippen LogP contribution in [0.3, 0.4) is 0 Å². The summed E-state index contributed by atoms with van der Waals surface area (Å²) in [5.41, 5.74) is 9.22. The first-order valence-electron chi connectivity index (χ1n) is 7.96. The Bertz CT molecular complexity index is 469. The van der Waals surface area contributed by atoms with E-state index in [1.54, 1.807) is 20.8 Å². The first-order valence-corrected chi connectivity index (χ1v) is 8.37. The van der Waals surface area contributed by atoms with Gasteiger partial charge < -0.3 is 20.9 Å². The maximum Gasteiger partial charge on any atom is 0.409 e. The van der Waals surface area contributed by atoms with Crippen LogP contribution in [-0.2, 0) is 14.3 Å². The number of alkyl carbamates (subject to hydrolysis) is 1. The van der Waals surface area contributed by atoms with Gasteiger partial charge in [0.1, 0.15) is 21.9 Å². The Morgan fingerprint density at radius 3 is 1.92 bits per heavy atom. The number of hydrogen-bond donors (Lipinski definition) is 3. The van der Waals surface area contributed by atoms with Gasteiger partial charge in [-0.1, -0.05) is 12.2 Å². The predicted octanol–water partition coefficient (Wildman–Crippen LogP) is 2.35. The number of amides is 1. The van der Waals surface area contributed by atoms with Crippen molar-refractivity contribution in [2.45, 2.75) is 84.1 Å². The molecule has 0 saturated carbocycles. The molecule has 0 unspecified atom stereocenters. The number of hydrogen-bond acceptors (Lipinski definition) is 6. The van der Waals surface area contributed by atoms with Crippen molar-refractivity contribution >= 4 is 29.3 Å². The smallest absolute Gasteiger partial charge is 0.409 e. The number of esters is 1. The summed E-state index contributed by atoms with van der Waals surface area (Å²) in [4.78, 5) is 23.5. The Labute approximate surface area is 149 Å². The lowest BCUT2D eigenvalue weighted by molar-refractivity contribution is -0.154. The minimum Gasteiger partial charge on any atom is -0.460 e. The van der Waals surface area contributed by atoms with E-state index in [0.29, 0.717) is 19.3 Å². The summed E-state index contributed by atoms with van der Waals surface area (Å²) in [6.07, 6.45) is 0.960. The summed E-state index contributed by atoms with van der Waals surface area (Å²) >= 11 is 4.95. The zero-order valence-electron chi connectivity index (χ0n) is 15.5. The second-order valence-electron chi connectivity index (χ2n) is 7.76. The first kappa shape index (κ1) is 22.6. The molecule has 5 N–H and O–H groups in total. The molecule has 0 radical (unpaired) electrons. The van der Waals surface area contributed by atoms with E-state index < -0.39 is 23.0 Å². The van der Waals surface area contributed by atoms with Crippen molar-refractivity contribution in [3.05, 3.63) is 0 Å². The third-order valence-electron chi connectivity index (χ3n) is 2.79. The average Bonchev–Trinajstić information content (AvgIpc) is 2.29. The Morgan fingerprint density at radius 1 is 1.00 bits per heavy atom. The number of carbonyl (C=O) groups excluding carboxylic acids is 2. The highest BCUT2D eigenvalue weighted by molar-refractivity contribution is 7.80. The summed E-state index contributed by atoms with van der Waals surface area (Å²) in [6.45, 7) is 10.7. The van der Waals surface area contributed by atoms with Gasteiger partial charge in [0.2, 0.25) is 0 Å². The van der Waals surface area contributed by atoms with Crippen LogP contribution < -0.4 is 16.8 Å². The molecule has 0 fully saturated rings. The number of thiocarbonyl (C=S) groups is 1. The molecule has 0 rings (SSSR count). The van der Waals surface area contributed by atoms with Crippen LogP contribution in [0.4, 0.5) is 4.79 Å². The molecule has 0 heterocycles. The molecule has 0 saturated heterocycles. The van der Waals surface area contributed by atoms with E-state index in [9.17, 15) is 9.59 Å². The Balaban J connectivity index is 4.46. The van der Waals surface area contributed by atoms with Crippen LogP contribution in [0.1, 0.15) is 67.2 Å². The van der Waals surface area contributed by atoms with Crippen molar-refractivity contribution in [2.75, 3.05) is 0 Å². The lowest BCUT2D eigenvalue weighted by Gasteiger charge is -2.31. The number of nitrogens with one attached hydrogen (secondary N) is 1. The fourth-order valence-electron chi connectivity index (χ4n) is 1.80. The monoisotopic (exact) mass is 361 g/mol. The van der Waals surface area contributed by atoms with Gasteiger partial charge >= 0.3 is 12.1 Å². The van der Waals surface area contributed by atoms with E-state index in [4.69, 9.17) is 33.2 Å². The first-order chi connectivity index (χ1) is 10.6. The van der Waals surface area contributed by atoms with E-state index in [1.807, 2.05) is 20.8 Å². The Kier molecular flexibility index (Phi) is 8.11. The maximum absolute atomic E-state index is 11.9. The average molecular weight is 362 g/mol. The molecule has 0 aromatic rings. The molecule has 0 aliphatic carbocycles. The zero-order valence-corrected chi connectivity index (χ0v) is 16.3. The molecule has 0 aliphatic heterocycles. The van der Waals surface area contributed by atoms with E-state index in [0.717, 1.165) is 0 Å². The number of unbranched alkanes of at least 4 members (excludes halogenated alkanes) is 1. The zero-order chi connectivity index (χ0) is 19.2. The predicted molar refractivity (Wildman–Crippen MR) is 97.4 cm³/mol. The number of ether oxygens (including phenoxy) is 2. The summed E-state index contributed by atoms with van der Waals surface area (Å²) in [6, 6.07) is 0. The standard InChI is InChI=1S/C16H31N3O4S/c1-14(2,3)22-11(20)9-7-8-10-16(18,12(17)24)19-13(21)23-15(4,5)6/h7-10,18H2,1-6H3,(H2,17,24)(H,19,21)/t16-/m0/s1. The van der Waals surface area contributed by atoms with Crippen LogP contribution in [0.25, 0.3) is 0 Å². The van der Waals surface area contributed by atoms with Crippen LogP contribution in [0.2, 0.25) is 0 Å². The normalized spacial score (nSPS) is 14.5. The highest BCUT2D eigenvalue weighted by atomic mass is 32.1. The fourth-order valence-corrected chi connectivity index (χ4v) is 1.95. The van der Waals surface area contributed by atoms with Crippen molar-refractivity contribution in [3.8, 4) is 0 Å². The minimum atomic E-state index is -1.36. The van der Waals surface area contributed by atoms with Crippen molar-refractivity contribution in [1.29, 1.82) is 0 Å². The largest absolute Gasteiger partial charge is 0.460 e. The number of rotatable bonds is 7. The van der Waals surface area contributed by atoms with Crippen LogP contribution in [-0.4, -0.2) is 33.9 Å². The topological polar surface area (TPSA) is 117 Å². The molecule has 0 aliphatic rings. The van der Waals surface area contributed by atoms with Gasteiger partial charge in [0.25, 0.3) is 0 Å². The third-order valence-corrected chi connectivity index (χ3v) is 3.15. The van der Waals surface area contributed by atoms with E-state index in [-0.39, 0.29) is 17.4 Å². The number of carbonyl (C=O) groups is 2. The van der Waals surface area contributed by atoms with Gasteiger partial charge in [-0.05, 0) is 60.8 Å². The minimum absolute atomic E-state index is 0.0365. The molecule has 1 atom stereocenters. The molecule has 24 heavy (non-hydrogen) atoms. The van der Waals surface area contributed by atoms with Crippen molar-refractivity contribution < 1.29 is 19.1 Å². The molecule has 7 nitrogen and oxygen atoms in total. The van der Waals surface area contributed by atoms with Crippen LogP contribution in [0.15, 0.2) is 0 Å². The second-order valence-corrected chi connectivity index (χ2v) is 8.20. The molecular weight excluding hydrogens is 330 g/mol. The summed E-state index contributed by atoms with van der Waals surface area (Å²) in [5, 5.41) is 2.51. The van der Waals surface area contributed by atoms with Gasteiger partial charge in [-0.3, -0.25) is 10.1 Å². The fraction of sp³-hybridized carbons (Fsp3) is 0.812. The summed E-state index contributed by atoms with van der Waals surface area (Å²) in [7, 11) is 0. The second kappa shape index (κ2) is 8.62. The van der Waals surface area contributed by atoms with Gasteiger partial charge in [-0.2, -0.15) is 0 Å². The van der Waals surface area contributed by atoms with Crippen molar-refractivity contribution in [1.82, 2.24) is 5.32 Å². The van der Waals surface area contributed by atoms with E-state index >= 15 is 0 Å². The molecule has 0 aromatic heterocycles. The van der Waals surface area contributed by atoms with Crippen molar-refractivity contribution in [3.63, 3.8) is 0 Å². The third kappa shape index (κ3) is 10.4. The molecule has 1 amide bonds. The number of nitrogens with two attached hydrogens (primary N) is 2. The highest BCUT2D eigenvalue weighted by Gasteiger charge is 2.32. The summed E-state index contributed by atoms with van der Waals surface area (Å²) < 4.78 is 10.4. The molecule has 0 aromatic carbocycles. The van der Waals surface area contributed by atoms with E-state index in [2.05, 4.69) is 5.32 Å². The summed E-state index contributed by atoms with van der Waals surface area (Å²) in [5.74, 6) is -0.277. The Hall–Kier alpha value is -1.41. The van der Waals surface area contributed by atoms with Gasteiger partial charge in [0.05, 0.1) is 0 Å². The van der Waals surface area contributed by atoms with Gasteiger partial charge in [-0.15, -0.1) is 0 Å². The SMILES string of the molecule is CC(C)(C)OC(=O)CCCC[C@](N)(NC(=O)OC(C)(C)C)C(N)=S. The van der Waals surface area contributed by atoms with Crippen LogP contribution in [0.5, 0.6) is 0 Å². The van der Waals surface area contributed by atoms with Crippen LogP contribution >= 0.6 is 12.2 Å². The van der Waals surface area contributed by atoms with E-state index in [1.165, 1.54) is 0 Å². The van der Waals surface area contributed by atoms with Gasteiger partial charge in [0, 0.05) is 6.42 Å². The van der Waals surface area contributed by atoms with Crippen LogP contribution in [0, 0.1) is 0 Å². The molecule has 140 valence electrons. The lowest BCUT2D eigenvalue weighted by atomic mass is 10.0. The lowest BCUT2D eigenvalue weighted by Crippen LogP contribution is -2.63. The highest BCUT2D eigenvalue weighted by Crippen LogP contribution is 2.15. The molecule has 0 bridgehead atoms.